The number of nitrogens with zero attached hydrogens (tertiary/aromatic N) is 1. The highest BCUT2D eigenvalue weighted by Crippen LogP contribution is 2.43. The zero-order chi connectivity index (χ0) is 14.4. The van der Waals surface area contributed by atoms with Crippen LogP contribution < -0.4 is 9.03 Å². The minimum absolute atomic E-state index is 0.602. The van der Waals surface area contributed by atoms with Gasteiger partial charge in [-0.15, -0.1) is 0 Å². The fourth-order valence-corrected chi connectivity index (χ4v) is 4.07. The van der Waals surface area contributed by atoms with Crippen LogP contribution in [-0.4, -0.2) is 8.42 Å². The summed E-state index contributed by atoms with van der Waals surface area (Å²) in [6.07, 6.45) is 0. The molecule has 1 heterocycles. The Kier molecular flexibility index (Phi) is 2.46. The zero-order valence-corrected chi connectivity index (χ0v) is 11.8. The Morgan fingerprint density at radius 3 is 2.33 bits per heavy atom. The molecule has 3 aromatic rings. The molecule has 104 valence electrons. The second kappa shape index (κ2) is 4.23. The third-order valence-electron chi connectivity index (χ3n) is 3.59. The first-order valence-corrected chi connectivity index (χ1v) is 8.01. The molecule has 4 rings (SSSR count). The lowest BCUT2D eigenvalue weighted by Crippen LogP contribution is -2.25. The SMILES string of the molecule is O=S1(=O)Nc2ccccc2N1c1cccc2ccccc12. The van der Waals surface area contributed by atoms with E-state index in [1.807, 2.05) is 54.6 Å². The molecule has 0 radical (unpaired) electrons. The topological polar surface area (TPSA) is 49.4 Å². The lowest BCUT2D eigenvalue weighted by Gasteiger charge is -2.19. The first-order chi connectivity index (χ1) is 10.2. The molecule has 1 aliphatic rings. The van der Waals surface area contributed by atoms with E-state index in [1.165, 1.54) is 4.31 Å². The van der Waals surface area contributed by atoms with Gasteiger partial charge in [0.2, 0.25) is 0 Å². The molecule has 4 nitrogen and oxygen atoms in total. The van der Waals surface area contributed by atoms with Crippen LogP contribution in [0, 0.1) is 0 Å². The predicted octanol–water partition coefficient (Wildman–Crippen LogP) is 3.65. The molecule has 3 aromatic carbocycles. The first-order valence-electron chi connectivity index (χ1n) is 6.57. The van der Waals surface area contributed by atoms with E-state index in [0.717, 1.165) is 10.8 Å². The molecule has 0 saturated carbocycles. The standard InChI is InChI=1S/C16H12N2O2S/c19-21(20)17-14-9-3-4-10-16(14)18(21)15-11-5-7-12-6-1-2-8-13(12)15/h1-11,17H. The predicted molar refractivity (Wildman–Crippen MR) is 85.1 cm³/mol. The van der Waals surface area contributed by atoms with Crippen LogP contribution in [-0.2, 0) is 10.2 Å². The van der Waals surface area contributed by atoms with E-state index in [2.05, 4.69) is 4.72 Å². The normalized spacial score (nSPS) is 15.7. The van der Waals surface area contributed by atoms with Crippen LogP contribution in [0.1, 0.15) is 0 Å². The number of hydrogen-bond donors (Lipinski definition) is 1. The second-order valence-electron chi connectivity index (χ2n) is 4.89. The zero-order valence-electron chi connectivity index (χ0n) is 11.0. The molecule has 0 unspecified atom stereocenters. The molecule has 0 aliphatic carbocycles. The second-order valence-corrected chi connectivity index (χ2v) is 6.41. The van der Waals surface area contributed by atoms with Crippen molar-refractivity contribution in [2.75, 3.05) is 9.03 Å². The lowest BCUT2D eigenvalue weighted by molar-refractivity contribution is 0.603. The Bertz CT molecular complexity index is 946. The number of rotatable bonds is 1. The van der Waals surface area contributed by atoms with E-state index >= 15 is 0 Å². The van der Waals surface area contributed by atoms with Crippen molar-refractivity contribution < 1.29 is 8.42 Å². The average Bonchev–Trinajstić information content (AvgIpc) is 2.76. The summed E-state index contributed by atoms with van der Waals surface area (Å²) in [6.45, 7) is 0. The maximum Gasteiger partial charge on any atom is 0.328 e. The van der Waals surface area contributed by atoms with Gasteiger partial charge in [0.15, 0.2) is 0 Å². The largest absolute Gasteiger partial charge is 0.328 e. The molecular weight excluding hydrogens is 284 g/mol. The van der Waals surface area contributed by atoms with Gasteiger partial charge >= 0.3 is 10.2 Å². The van der Waals surface area contributed by atoms with Crippen LogP contribution in [0.5, 0.6) is 0 Å². The highest BCUT2D eigenvalue weighted by atomic mass is 32.2. The fourth-order valence-electron chi connectivity index (χ4n) is 2.70. The lowest BCUT2D eigenvalue weighted by atomic mass is 10.1. The van der Waals surface area contributed by atoms with Crippen molar-refractivity contribution in [2.45, 2.75) is 0 Å². The molecule has 0 amide bonds. The molecule has 1 aliphatic heterocycles. The van der Waals surface area contributed by atoms with E-state index in [9.17, 15) is 8.42 Å². The van der Waals surface area contributed by atoms with Gasteiger partial charge in [0.05, 0.1) is 17.1 Å². The summed E-state index contributed by atoms with van der Waals surface area (Å²) in [7, 11) is -3.61. The van der Waals surface area contributed by atoms with E-state index in [1.54, 1.807) is 12.1 Å². The summed E-state index contributed by atoms with van der Waals surface area (Å²) in [5, 5.41) is 1.91. The third kappa shape index (κ3) is 1.78. The maximum absolute atomic E-state index is 12.5. The monoisotopic (exact) mass is 296 g/mol. The van der Waals surface area contributed by atoms with Crippen molar-refractivity contribution >= 4 is 38.0 Å². The highest BCUT2D eigenvalue weighted by molar-refractivity contribution is 7.95. The molecule has 0 atom stereocenters. The Labute approximate surface area is 122 Å². The van der Waals surface area contributed by atoms with Crippen LogP contribution in [0.15, 0.2) is 66.7 Å². The summed E-state index contributed by atoms with van der Waals surface area (Å²) >= 11 is 0. The Balaban J connectivity index is 2.04. The molecule has 0 bridgehead atoms. The molecule has 0 spiro atoms. The maximum atomic E-state index is 12.5. The fraction of sp³-hybridized carbons (Fsp3) is 0. The molecule has 0 aromatic heterocycles. The van der Waals surface area contributed by atoms with E-state index in [4.69, 9.17) is 0 Å². The van der Waals surface area contributed by atoms with Crippen molar-refractivity contribution in [1.29, 1.82) is 0 Å². The van der Waals surface area contributed by atoms with Gasteiger partial charge < -0.3 is 0 Å². The van der Waals surface area contributed by atoms with Gasteiger partial charge in [0.25, 0.3) is 0 Å². The molecule has 0 fully saturated rings. The Morgan fingerprint density at radius 2 is 1.43 bits per heavy atom. The van der Waals surface area contributed by atoms with Gasteiger partial charge in [0.1, 0.15) is 0 Å². The van der Waals surface area contributed by atoms with Crippen molar-refractivity contribution in [3.05, 3.63) is 66.7 Å². The van der Waals surface area contributed by atoms with Gasteiger partial charge in [0, 0.05) is 5.39 Å². The van der Waals surface area contributed by atoms with Crippen LogP contribution in [0.2, 0.25) is 0 Å². The summed E-state index contributed by atoms with van der Waals surface area (Å²) in [5.74, 6) is 0. The summed E-state index contributed by atoms with van der Waals surface area (Å²) in [6, 6.07) is 20.6. The van der Waals surface area contributed by atoms with Gasteiger partial charge in [-0.3, -0.25) is 4.72 Å². The van der Waals surface area contributed by atoms with E-state index < -0.39 is 10.2 Å². The Morgan fingerprint density at radius 1 is 0.762 bits per heavy atom. The number of para-hydroxylation sites is 2. The van der Waals surface area contributed by atoms with Crippen molar-refractivity contribution in [3.8, 4) is 0 Å². The Hall–Kier alpha value is -2.53. The first kappa shape index (κ1) is 12.2. The smallest absolute Gasteiger partial charge is 0.264 e. The molecule has 1 N–H and O–H groups in total. The number of benzene rings is 3. The minimum atomic E-state index is -3.61. The average molecular weight is 296 g/mol. The molecular formula is C16H12N2O2S. The van der Waals surface area contributed by atoms with Gasteiger partial charge in [-0.2, -0.15) is 8.42 Å². The summed E-state index contributed by atoms with van der Waals surface area (Å²) < 4.78 is 28.9. The van der Waals surface area contributed by atoms with E-state index in [0.29, 0.717) is 17.1 Å². The molecule has 0 saturated heterocycles. The van der Waals surface area contributed by atoms with Crippen molar-refractivity contribution in [1.82, 2.24) is 0 Å². The van der Waals surface area contributed by atoms with Crippen molar-refractivity contribution in [3.63, 3.8) is 0 Å². The van der Waals surface area contributed by atoms with Crippen LogP contribution in [0.3, 0.4) is 0 Å². The number of hydrogen-bond acceptors (Lipinski definition) is 2. The minimum Gasteiger partial charge on any atom is -0.264 e. The molecule has 21 heavy (non-hydrogen) atoms. The van der Waals surface area contributed by atoms with Gasteiger partial charge in [-0.1, -0.05) is 48.5 Å². The third-order valence-corrected chi connectivity index (χ3v) is 4.94. The highest BCUT2D eigenvalue weighted by Gasteiger charge is 2.34. The van der Waals surface area contributed by atoms with Gasteiger partial charge in [-0.05, 0) is 23.6 Å². The summed E-state index contributed by atoms with van der Waals surface area (Å²) in [4.78, 5) is 0. The van der Waals surface area contributed by atoms with Crippen molar-refractivity contribution in [2.24, 2.45) is 0 Å². The number of anilines is 3. The van der Waals surface area contributed by atoms with Gasteiger partial charge in [-0.25, -0.2) is 4.31 Å². The summed E-state index contributed by atoms with van der Waals surface area (Å²) in [5.41, 5.74) is 1.91. The van der Waals surface area contributed by atoms with Crippen LogP contribution in [0.4, 0.5) is 17.1 Å². The van der Waals surface area contributed by atoms with Crippen LogP contribution in [0.25, 0.3) is 10.8 Å². The van der Waals surface area contributed by atoms with Crippen LogP contribution >= 0.6 is 0 Å². The van der Waals surface area contributed by atoms with E-state index in [-0.39, 0.29) is 0 Å². The molecule has 5 heteroatoms. The number of fused-ring (bicyclic) bond motifs is 2. The quantitative estimate of drug-likeness (QED) is 0.745. The number of nitrogens with one attached hydrogen (secondary N) is 1.